The zero-order valence-corrected chi connectivity index (χ0v) is 27.4. The number of benzene rings is 2. The smallest absolute Gasteiger partial charge is 0.335 e. The number of hydrogen-bond acceptors (Lipinski definition) is 9. The predicted octanol–water partition coefficient (Wildman–Crippen LogP) is 5.37. The summed E-state index contributed by atoms with van der Waals surface area (Å²) in [6, 6.07) is 12.8. The second-order valence-electron chi connectivity index (χ2n) is 12.9. The maximum atomic E-state index is 13.3. The molecule has 1 atom stereocenters. The third-order valence-corrected chi connectivity index (χ3v) is 9.06. The molecular weight excluding hydrogens is 596 g/mol. The Kier molecular flexibility index (Phi) is 10.5. The van der Waals surface area contributed by atoms with Gasteiger partial charge in [0.05, 0.1) is 23.3 Å². The quantitative estimate of drug-likeness (QED) is 0.208. The van der Waals surface area contributed by atoms with Crippen molar-refractivity contribution >= 4 is 27.9 Å². The third kappa shape index (κ3) is 9.24. The van der Waals surface area contributed by atoms with E-state index >= 15 is 0 Å². The van der Waals surface area contributed by atoms with Gasteiger partial charge in [-0.15, -0.1) is 0 Å². The van der Waals surface area contributed by atoms with Crippen molar-refractivity contribution in [3.05, 3.63) is 65.2 Å². The fraction of sp³-hybridized carbons (Fsp3) is 0.455. The molecule has 1 fully saturated rings. The second kappa shape index (κ2) is 13.9. The number of esters is 1. The van der Waals surface area contributed by atoms with Crippen LogP contribution in [0, 0.1) is 25.2 Å². The monoisotopic (exact) mass is 638 g/mol. The maximum Gasteiger partial charge on any atom is 0.335 e. The molecule has 1 saturated carbocycles. The van der Waals surface area contributed by atoms with Crippen LogP contribution in [0.1, 0.15) is 67.9 Å². The van der Waals surface area contributed by atoms with Crippen molar-refractivity contribution in [3.63, 3.8) is 0 Å². The van der Waals surface area contributed by atoms with E-state index in [0.29, 0.717) is 18.0 Å². The van der Waals surface area contributed by atoms with E-state index in [1.165, 1.54) is 25.3 Å². The lowest BCUT2D eigenvalue weighted by Crippen LogP contribution is -2.50. The number of aryl methyl sites for hydroxylation is 2. The molecule has 1 aliphatic carbocycles. The lowest BCUT2D eigenvalue weighted by atomic mass is 9.77. The Hall–Kier alpha value is -4.03. The summed E-state index contributed by atoms with van der Waals surface area (Å²) in [6.45, 7) is 10.6. The molecule has 2 aromatic carbocycles. The summed E-state index contributed by atoms with van der Waals surface area (Å²) in [5, 5.41) is 13.0. The van der Waals surface area contributed by atoms with Gasteiger partial charge in [-0.1, -0.05) is 45.0 Å². The number of sulfonamides is 1. The van der Waals surface area contributed by atoms with Crippen molar-refractivity contribution in [2.24, 2.45) is 11.3 Å². The van der Waals surface area contributed by atoms with E-state index in [0.717, 1.165) is 42.0 Å². The van der Waals surface area contributed by atoms with Gasteiger partial charge >= 0.3 is 11.9 Å². The number of carbonyl (C=O) groups excluding carboxylic acids is 1. The van der Waals surface area contributed by atoms with Crippen molar-refractivity contribution in [2.45, 2.75) is 77.3 Å². The van der Waals surface area contributed by atoms with E-state index in [1.807, 2.05) is 32.0 Å². The normalized spacial score (nSPS) is 17.2. The van der Waals surface area contributed by atoms with E-state index in [4.69, 9.17) is 9.47 Å². The Morgan fingerprint density at radius 2 is 1.71 bits per heavy atom. The molecule has 0 unspecified atom stereocenters. The Balaban J connectivity index is 1.60. The van der Waals surface area contributed by atoms with Gasteiger partial charge in [-0.05, 0) is 73.8 Å². The lowest BCUT2D eigenvalue weighted by molar-refractivity contribution is -0.142. The largest absolute Gasteiger partial charge is 0.478 e. The molecule has 45 heavy (non-hydrogen) atoms. The topological polar surface area (TPSA) is 157 Å². The van der Waals surface area contributed by atoms with Gasteiger partial charge in [-0.25, -0.2) is 22.9 Å². The second-order valence-corrected chi connectivity index (χ2v) is 14.6. The Bertz CT molecular complexity index is 1630. The minimum Gasteiger partial charge on any atom is -0.478 e. The Morgan fingerprint density at radius 1 is 1.04 bits per heavy atom. The number of rotatable bonds is 13. The first-order valence-corrected chi connectivity index (χ1v) is 16.4. The standard InChI is InChI=1S/C33H42N4O7S/c1-20-9-7-10-21(2)30(20)27-17-28(36-32(35-27)37-45(41,42)26-12-8-11-23(16-26)31(39)40)44-19-25(18-33(3,4)5)34-24-13-22(14-24)15-29(38)43-6/h7-12,16-17,22,24-25,34H,13-15,18-19H2,1-6H3,(H,39,40)(H,35,36,37)/t22?,24?,25-/m1/s1. The highest BCUT2D eigenvalue weighted by Crippen LogP contribution is 2.33. The summed E-state index contributed by atoms with van der Waals surface area (Å²) in [5.41, 5.74) is 3.04. The van der Waals surface area contributed by atoms with Crippen LogP contribution >= 0.6 is 0 Å². The molecule has 11 nitrogen and oxygen atoms in total. The zero-order valence-electron chi connectivity index (χ0n) is 26.6. The predicted molar refractivity (Wildman–Crippen MR) is 171 cm³/mol. The summed E-state index contributed by atoms with van der Waals surface area (Å²) in [4.78, 5) is 31.8. The molecule has 1 aromatic heterocycles. The molecule has 1 heterocycles. The fourth-order valence-corrected chi connectivity index (χ4v) is 6.64. The van der Waals surface area contributed by atoms with Crippen LogP contribution in [0.4, 0.5) is 5.95 Å². The number of carboxylic acid groups (broad SMARTS) is 1. The van der Waals surface area contributed by atoms with E-state index in [9.17, 15) is 23.1 Å². The molecule has 0 amide bonds. The molecule has 242 valence electrons. The Labute approximate surface area is 264 Å². The lowest BCUT2D eigenvalue weighted by Gasteiger charge is -2.39. The van der Waals surface area contributed by atoms with Gasteiger partial charge in [0.25, 0.3) is 10.0 Å². The van der Waals surface area contributed by atoms with Crippen molar-refractivity contribution in [1.82, 2.24) is 15.3 Å². The van der Waals surface area contributed by atoms with Crippen LogP contribution < -0.4 is 14.8 Å². The molecule has 0 aliphatic heterocycles. The van der Waals surface area contributed by atoms with Crippen LogP contribution in [0.15, 0.2) is 53.4 Å². The first kappa shape index (κ1) is 33.9. The number of carboxylic acids is 1. The van der Waals surface area contributed by atoms with Crippen molar-refractivity contribution < 1.29 is 32.6 Å². The summed E-state index contributed by atoms with van der Waals surface area (Å²) in [7, 11) is -2.82. The molecule has 0 bridgehead atoms. The van der Waals surface area contributed by atoms with Gasteiger partial charge in [-0.2, -0.15) is 4.98 Å². The molecular formula is C33H42N4O7S. The summed E-state index contributed by atoms with van der Waals surface area (Å²) in [6.07, 6.45) is 2.96. The van der Waals surface area contributed by atoms with Gasteiger partial charge in [0.15, 0.2) is 0 Å². The molecule has 1 aliphatic rings. The molecule has 0 radical (unpaired) electrons. The minimum atomic E-state index is -4.23. The van der Waals surface area contributed by atoms with Gasteiger partial charge in [0.1, 0.15) is 6.61 Å². The van der Waals surface area contributed by atoms with Gasteiger partial charge in [0, 0.05) is 30.1 Å². The van der Waals surface area contributed by atoms with Crippen LogP contribution in [0.25, 0.3) is 11.3 Å². The number of anilines is 1. The number of aromatic carboxylic acids is 1. The first-order valence-electron chi connectivity index (χ1n) is 14.9. The molecule has 3 aromatic rings. The van der Waals surface area contributed by atoms with E-state index in [1.54, 1.807) is 6.07 Å². The first-order chi connectivity index (χ1) is 21.1. The van der Waals surface area contributed by atoms with Crippen molar-refractivity contribution in [2.75, 3.05) is 18.4 Å². The van der Waals surface area contributed by atoms with Crippen LogP contribution in [-0.2, 0) is 19.6 Å². The highest BCUT2D eigenvalue weighted by molar-refractivity contribution is 7.92. The minimum absolute atomic E-state index is 0.00340. The summed E-state index contributed by atoms with van der Waals surface area (Å²) >= 11 is 0. The molecule has 0 spiro atoms. The number of aromatic nitrogens is 2. The summed E-state index contributed by atoms with van der Waals surface area (Å²) < 4.78 is 40.1. The SMILES string of the molecule is COC(=O)CC1CC(N[C@@H](COc2cc(-c3c(C)cccc3C)nc(NS(=O)(=O)c3cccc(C(=O)O)c3)n2)CC(C)(C)C)C1. The van der Waals surface area contributed by atoms with Gasteiger partial charge < -0.3 is 19.9 Å². The third-order valence-electron chi connectivity index (χ3n) is 7.74. The van der Waals surface area contributed by atoms with Crippen LogP contribution in [0.3, 0.4) is 0 Å². The average molecular weight is 639 g/mol. The molecule has 3 N–H and O–H groups in total. The van der Waals surface area contributed by atoms with Gasteiger partial charge in [0.2, 0.25) is 11.8 Å². The number of carbonyl (C=O) groups is 2. The summed E-state index contributed by atoms with van der Waals surface area (Å²) in [5.74, 6) is -1.15. The zero-order chi connectivity index (χ0) is 32.9. The fourth-order valence-electron chi connectivity index (χ4n) is 5.65. The molecule has 0 saturated heterocycles. The maximum absolute atomic E-state index is 13.3. The van der Waals surface area contributed by atoms with Crippen molar-refractivity contribution in [3.8, 4) is 17.1 Å². The average Bonchev–Trinajstić information content (AvgIpc) is 2.93. The number of nitrogens with zero attached hydrogens (tertiary/aromatic N) is 2. The number of methoxy groups -OCH3 is 1. The molecule has 4 rings (SSSR count). The highest BCUT2D eigenvalue weighted by Gasteiger charge is 2.33. The van der Waals surface area contributed by atoms with E-state index < -0.39 is 16.0 Å². The van der Waals surface area contributed by atoms with Crippen LogP contribution in [-0.4, -0.2) is 61.2 Å². The van der Waals surface area contributed by atoms with E-state index in [2.05, 4.69) is 40.8 Å². The van der Waals surface area contributed by atoms with Gasteiger partial charge in [-0.3, -0.25) is 4.79 Å². The number of ether oxygens (including phenoxy) is 2. The Morgan fingerprint density at radius 3 is 2.33 bits per heavy atom. The van der Waals surface area contributed by atoms with Crippen LogP contribution in [0.5, 0.6) is 5.88 Å². The van der Waals surface area contributed by atoms with Crippen LogP contribution in [0.2, 0.25) is 0 Å². The van der Waals surface area contributed by atoms with E-state index in [-0.39, 0.29) is 52.4 Å². The number of nitrogens with one attached hydrogen (secondary N) is 2. The highest BCUT2D eigenvalue weighted by atomic mass is 32.2. The number of hydrogen-bond donors (Lipinski definition) is 3. The molecule has 12 heteroatoms. The van der Waals surface area contributed by atoms with Crippen molar-refractivity contribution in [1.29, 1.82) is 0 Å².